The lowest BCUT2D eigenvalue weighted by atomic mass is 9.77. The first kappa shape index (κ1) is 15.8. The number of morpholine rings is 1. The highest BCUT2D eigenvalue weighted by Crippen LogP contribution is 2.40. The maximum absolute atomic E-state index is 10.7. The summed E-state index contributed by atoms with van der Waals surface area (Å²) in [6.07, 6.45) is 3.36. The largest absolute Gasteiger partial charge is 0.391 e. The van der Waals surface area contributed by atoms with Gasteiger partial charge in [0, 0.05) is 38.4 Å². The average Bonchev–Trinajstić information content (AvgIpc) is 3.04. The van der Waals surface area contributed by atoms with Crippen molar-refractivity contribution in [2.24, 2.45) is 11.8 Å². The molecule has 0 radical (unpaired) electrons. The molecule has 24 heavy (non-hydrogen) atoms. The zero-order valence-electron chi connectivity index (χ0n) is 13.8. The molecule has 3 heterocycles. The third-order valence-electron chi connectivity index (χ3n) is 5.83. The highest BCUT2D eigenvalue weighted by Gasteiger charge is 2.44. The van der Waals surface area contributed by atoms with Crippen LogP contribution < -0.4 is 4.90 Å². The van der Waals surface area contributed by atoms with E-state index >= 15 is 0 Å². The maximum Gasteiger partial charge on any atom is 0.146 e. The van der Waals surface area contributed by atoms with E-state index in [9.17, 15) is 10.4 Å². The van der Waals surface area contributed by atoms with Crippen LogP contribution in [0.3, 0.4) is 0 Å². The minimum atomic E-state index is -0.261. The number of aliphatic hydroxyl groups is 1. The number of hydrogen-bond acceptors (Lipinski definition) is 6. The van der Waals surface area contributed by atoms with Crippen molar-refractivity contribution in [1.29, 1.82) is 5.26 Å². The Morgan fingerprint density at radius 2 is 1.96 bits per heavy atom. The highest BCUT2D eigenvalue weighted by atomic mass is 16.5. The Kier molecular flexibility index (Phi) is 4.40. The van der Waals surface area contributed by atoms with E-state index in [0.717, 1.165) is 58.1 Å². The molecule has 0 unspecified atom stereocenters. The van der Waals surface area contributed by atoms with E-state index < -0.39 is 0 Å². The first-order chi connectivity index (χ1) is 11.8. The highest BCUT2D eigenvalue weighted by molar-refractivity contribution is 5.54. The Balaban J connectivity index is 1.48. The van der Waals surface area contributed by atoms with Gasteiger partial charge < -0.3 is 14.7 Å². The van der Waals surface area contributed by atoms with E-state index in [1.54, 1.807) is 6.20 Å². The van der Waals surface area contributed by atoms with Crippen LogP contribution in [0.2, 0.25) is 0 Å². The third-order valence-corrected chi connectivity index (χ3v) is 5.83. The van der Waals surface area contributed by atoms with Gasteiger partial charge in [-0.25, -0.2) is 4.98 Å². The fourth-order valence-corrected chi connectivity index (χ4v) is 4.62. The molecule has 0 amide bonds. The molecule has 2 saturated heterocycles. The fourth-order valence-electron chi connectivity index (χ4n) is 4.62. The van der Waals surface area contributed by atoms with Gasteiger partial charge >= 0.3 is 0 Å². The summed E-state index contributed by atoms with van der Waals surface area (Å²) in [4.78, 5) is 9.07. The lowest BCUT2D eigenvalue weighted by molar-refractivity contribution is -0.0520. The zero-order chi connectivity index (χ0) is 16.5. The summed E-state index contributed by atoms with van der Waals surface area (Å²) in [6, 6.07) is 6.13. The molecule has 0 aromatic carbocycles. The molecule has 6 nitrogen and oxygen atoms in total. The van der Waals surface area contributed by atoms with E-state index in [1.165, 1.54) is 0 Å². The van der Waals surface area contributed by atoms with Crippen LogP contribution in [0.4, 0.5) is 5.82 Å². The third kappa shape index (κ3) is 2.88. The summed E-state index contributed by atoms with van der Waals surface area (Å²) in [5.74, 6) is 1.85. The molecule has 1 saturated carbocycles. The van der Waals surface area contributed by atoms with Crippen LogP contribution in [0.5, 0.6) is 0 Å². The lowest BCUT2D eigenvalue weighted by Gasteiger charge is -2.43. The van der Waals surface area contributed by atoms with Crippen molar-refractivity contribution in [1.82, 2.24) is 9.88 Å². The number of rotatable bonds is 2. The minimum absolute atomic E-state index is 0.245. The normalized spacial score (nSPS) is 33.9. The summed E-state index contributed by atoms with van der Waals surface area (Å²) in [6.45, 7) is 5.20. The molecule has 1 aromatic heterocycles. The van der Waals surface area contributed by atoms with Crippen LogP contribution in [-0.4, -0.2) is 66.5 Å². The number of aliphatic hydroxyl groups excluding tert-OH is 1. The summed E-state index contributed by atoms with van der Waals surface area (Å²) in [5, 5.41) is 20.0. The number of pyridine rings is 1. The van der Waals surface area contributed by atoms with Crippen LogP contribution >= 0.6 is 0 Å². The van der Waals surface area contributed by atoms with Crippen molar-refractivity contribution < 1.29 is 9.84 Å². The number of nitrogens with zero attached hydrogens (tertiary/aromatic N) is 4. The average molecular weight is 328 g/mol. The molecular formula is C18H24N4O2. The monoisotopic (exact) mass is 328 g/mol. The number of ether oxygens (including phenoxy) is 1. The smallest absolute Gasteiger partial charge is 0.146 e. The first-order valence-corrected chi connectivity index (χ1v) is 8.86. The topological polar surface area (TPSA) is 72.6 Å². The van der Waals surface area contributed by atoms with Crippen molar-refractivity contribution in [2.75, 3.05) is 44.3 Å². The number of aromatic nitrogens is 1. The second-order valence-electron chi connectivity index (χ2n) is 7.17. The van der Waals surface area contributed by atoms with Gasteiger partial charge in [-0.1, -0.05) is 0 Å². The SMILES string of the molecule is N#Cc1cccnc1N1C[C@H]2C[C@@H](N3CCOCC3)[C@H](O)C[C@H]2C1. The zero-order valence-corrected chi connectivity index (χ0v) is 13.8. The van der Waals surface area contributed by atoms with Crippen LogP contribution in [0.25, 0.3) is 0 Å². The molecule has 1 aromatic rings. The Labute approximate surface area is 142 Å². The quantitative estimate of drug-likeness (QED) is 0.868. The van der Waals surface area contributed by atoms with E-state index in [4.69, 9.17) is 4.74 Å². The molecule has 1 aliphatic carbocycles. The van der Waals surface area contributed by atoms with Gasteiger partial charge in [0.1, 0.15) is 11.9 Å². The van der Waals surface area contributed by atoms with Gasteiger partial charge in [-0.2, -0.15) is 5.26 Å². The van der Waals surface area contributed by atoms with Crippen molar-refractivity contribution >= 4 is 5.82 Å². The van der Waals surface area contributed by atoms with Crippen LogP contribution in [0.1, 0.15) is 18.4 Å². The van der Waals surface area contributed by atoms with E-state index in [-0.39, 0.29) is 12.1 Å². The minimum Gasteiger partial charge on any atom is -0.391 e. The van der Waals surface area contributed by atoms with Gasteiger partial charge in [-0.15, -0.1) is 0 Å². The molecule has 1 N–H and O–H groups in total. The fraction of sp³-hybridized carbons (Fsp3) is 0.667. The number of hydrogen-bond donors (Lipinski definition) is 1. The van der Waals surface area contributed by atoms with Crippen LogP contribution in [0.15, 0.2) is 18.3 Å². The van der Waals surface area contributed by atoms with Crippen molar-refractivity contribution in [3.8, 4) is 6.07 Å². The number of nitriles is 1. The van der Waals surface area contributed by atoms with Crippen LogP contribution in [0, 0.1) is 23.2 Å². The van der Waals surface area contributed by atoms with Gasteiger partial charge in [0.15, 0.2) is 0 Å². The lowest BCUT2D eigenvalue weighted by Crippen LogP contribution is -2.53. The number of fused-ring (bicyclic) bond motifs is 1. The van der Waals surface area contributed by atoms with Crippen molar-refractivity contribution in [2.45, 2.75) is 25.0 Å². The molecular weight excluding hydrogens is 304 g/mol. The molecule has 3 aliphatic rings. The molecule has 4 atom stereocenters. The molecule has 3 fully saturated rings. The molecule has 6 heteroatoms. The summed E-state index contributed by atoms with van der Waals surface area (Å²) >= 11 is 0. The van der Waals surface area contributed by atoms with Gasteiger partial charge in [0.05, 0.1) is 24.9 Å². The predicted octanol–water partition coefficient (Wildman–Crippen LogP) is 0.861. The molecule has 0 bridgehead atoms. The summed E-state index contributed by atoms with van der Waals surface area (Å²) < 4.78 is 5.44. The van der Waals surface area contributed by atoms with Crippen molar-refractivity contribution in [3.05, 3.63) is 23.9 Å². The second-order valence-corrected chi connectivity index (χ2v) is 7.17. The Hall–Kier alpha value is -1.68. The van der Waals surface area contributed by atoms with Gasteiger partial charge in [0.2, 0.25) is 0 Å². The predicted molar refractivity (Wildman–Crippen MR) is 89.6 cm³/mol. The maximum atomic E-state index is 10.7. The first-order valence-electron chi connectivity index (χ1n) is 8.86. The van der Waals surface area contributed by atoms with Crippen molar-refractivity contribution in [3.63, 3.8) is 0 Å². The summed E-state index contributed by atoms with van der Waals surface area (Å²) in [7, 11) is 0. The Morgan fingerprint density at radius 1 is 1.21 bits per heavy atom. The van der Waals surface area contributed by atoms with E-state index in [1.807, 2.05) is 12.1 Å². The summed E-state index contributed by atoms with van der Waals surface area (Å²) in [5.41, 5.74) is 0.640. The van der Waals surface area contributed by atoms with Gasteiger partial charge in [-0.05, 0) is 36.8 Å². The van der Waals surface area contributed by atoms with Crippen LogP contribution in [-0.2, 0) is 4.74 Å². The Bertz CT molecular complexity index is 626. The van der Waals surface area contributed by atoms with E-state index in [0.29, 0.717) is 17.4 Å². The molecule has 128 valence electrons. The van der Waals surface area contributed by atoms with E-state index in [2.05, 4.69) is 20.9 Å². The standard InChI is InChI=1S/C18H24N4O2/c19-10-13-2-1-3-20-18(13)22-11-14-8-16(17(23)9-15(14)12-22)21-4-6-24-7-5-21/h1-3,14-17,23H,4-9,11-12H2/t14-,15+,16-,17-/m1/s1. The number of anilines is 1. The Morgan fingerprint density at radius 3 is 2.71 bits per heavy atom. The second kappa shape index (κ2) is 6.67. The molecule has 4 rings (SSSR count). The van der Waals surface area contributed by atoms with Gasteiger partial charge in [0.25, 0.3) is 0 Å². The molecule has 0 spiro atoms. The van der Waals surface area contributed by atoms with Gasteiger partial charge in [-0.3, -0.25) is 4.90 Å². The molecule has 2 aliphatic heterocycles.